The van der Waals surface area contributed by atoms with Gasteiger partial charge in [-0.1, -0.05) is 61.8 Å². The van der Waals surface area contributed by atoms with Crippen molar-refractivity contribution in [1.82, 2.24) is 5.06 Å². The van der Waals surface area contributed by atoms with Crippen LogP contribution >= 0.6 is 11.6 Å². The number of hydrogen-bond donors (Lipinski definition) is 1. The number of carbonyl (C=O) groups is 1. The summed E-state index contributed by atoms with van der Waals surface area (Å²) in [6.45, 7) is 7.82. The lowest BCUT2D eigenvalue weighted by molar-refractivity contribution is -0.154. The van der Waals surface area contributed by atoms with E-state index in [9.17, 15) is 4.79 Å². The molecule has 2 aliphatic rings. The molecule has 0 bridgehead atoms. The standard InChI is InChI=1S/C24H28ClN3O3/c1-23(2,3)18-6-4-17(5-7-18)21-16-24(31-27-21)12-14-28(15-13-24)30-22(29)26-20-10-8-19(25)9-11-20/h4-11H,12-16H2,1-3H3,(H,26,29). The zero-order chi connectivity index (χ0) is 22.1. The van der Waals surface area contributed by atoms with Crippen LogP contribution in [-0.2, 0) is 15.1 Å². The van der Waals surface area contributed by atoms with Crippen LogP contribution in [0, 0.1) is 0 Å². The van der Waals surface area contributed by atoms with Crippen LogP contribution < -0.4 is 5.32 Å². The number of halogens is 1. The third-order valence-electron chi connectivity index (χ3n) is 5.86. The Bertz CT molecular complexity index is 957. The van der Waals surface area contributed by atoms with Gasteiger partial charge in [0.15, 0.2) is 0 Å². The van der Waals surface area contributed by atoms with Crippen LogP contribution in [0.4, 0.5) is 10.5 Å². The van der Waals surface area contributed by atoms with E-state index in [4.69, 9.17) is 21.3 Å². The molecule has 1 fully saturated rings. The van der Waals surface area contributed by atoms with Gasteiger partial charge in [-0.2, -0.15) is 0 Å². The molecule has 1 N–H and O–H groups in total. The number of rotatable bonds is 3. The van der Waals surface area contributed by atoms with E-state index in [1.54, 1.807) is 29.3 Å². The summed E-state index contributed by atoms with van der Waals surface area (Å²) in [7, 11) is 0. The summed E-state index contributed by atoms with van der Waals surface area (Å²) < 4.78 is 0. The fourth-order valence-corrected chi connectivity index (χ4v) is 4.01. The molecule has 2 heterocycles. The zero-order valence-electron chi connectivity index (χ0n) is 18.2. The number of carbonyl (C=O) groups excluding carboxylic acids is 1. The number of hydrogen-bond acceptors (Lipinski definition) is 5. The first-order valence-electron chi connectivity index (χ1n) is 10.6. The van der Waals surface area contributed by atoms with Crippen molar-refractivity contribution in [1.29, 1.82) is 0 Å². The minimum absolute atomic E-state index is 0.125. The predicted octanol–water partition coefficient (Wildman–Crippen LogP) is 5.76. The molecule has 1 spiro atoms. The van der Waals surface area contributed by atoms with Crippen LogP contribution in [0.15, 0.2) is 53.7 Å². The molecule has 2 aromatic rings. The van der Waals surface area contributed by atoms with Crippen molar-refractivity contribution < 1.29 is 14.5 Å². The van der Waals surface area contributed by atoms with Crippen LogP contribution in [0.1, 0.15) is 51.2 Å². The quantitative estimate of drug-likeness (QED) is 0.657. The van der Waals surface area contributed by atoms with Gasteiger partial charge in [-0.05, 0) is 40.8 Å². The maximum Gasteiger partial charge on any atom is 0.430 e. The summed E-state index contributed by atoms with van der Waals surface area (Å²) in [5, 5.41) is 9.39. The third-order valence-corrected chi connectivity index (χ3v) is 6.11. The molecular weight excluding hydrogens is 414 g/mol. The Labute approximate surface area is 188 Å². The number of anilines is 1. The molecule has 0 aliphatic carbocycles. The second kappa shape index (κ2) is 8.52. The van der Waals surface area contributed by atoms with E-state index in [1.165, 1.54) is 5.56 Å². The summed E-state index contributed by atoms with van der Waals surface area (Å²) >= 11 is 5.86. The Kier molecular flexibility index (Phi) is 5.95. The minimum atomic E-state index is -0.513. The molecule has 2 aromatic carbocycles. The van der Waals surface area contributed by atoms with E-state index in [-0.39, 0.29) is 11.0 Å². The highest BCUT2D eigenvalue weighted by Gasteiger charge is 2.43. The van der Waals surface area contributed by atoms with E-state index in [0.29, 0.717) is 23.8 Å². The van der Waals surface area contributed by atoms with E-state index >= 15 is 0 Å². The summed E-state index contributed by atoms with van der Waals surface area (Å²) in [5.41, 5.74) is 3.83. The summed E-state index contributed by atoms with van der Waals surface area (Å²) in [6, 6.07) is 15.5. The van der Waals surface area contributed by atoms with Crippen LogP contribution in [0.3, 0.4) is 0 Å². The van der Waals surface area contributed by atoms with Crippen molar-refractivity contribution in [2.75, 3.05) is 18.4 Å². The van der Waals surface area contributed by atoms with Crippen LogP contribution in [0.5, 0.6) is 0 Å². The van der Waals surface area contributed by atoms with E-state index in [0.717, 1.165) is 30.5 Å². The molecule has 164 valence electrons. The monoisotopic (exact) mass is 441 g/mol. The molecule has 0 unspecified atom stereocenters. The highest BCUT2D eigenvalue weighted by molar-refractivity contribution is 6.30. The molecule has 0 saturated carbocycles. The van der Waals surface area contributed by atoms with Crippen molar-refractivity contribution in [2.24, 2.45) is 5.16 Å². The zero-order valence-corrected chi connectivity index (χ0v) is 18.9. The predicted molar refractivity (Wildman–Crippen MR) is 122 cm³/mol. The number of piperidine rings is 1. The molecular formula is C24H28ClN3O3. The minimum Gasteiger partial charge on any atom is -0.388 e. The number of nitrogens with zero attached hydrogens (tertiary/aromatic N) is 2. The largest absolute Gasteiger partial charge is 0.430 e. The molecule has 2 aliphatic heterocycles. The molecule has 1 saturated heterocycles. The lowest BCUT2D eigenvalue weighted by Gasteiger charge is -2.35. The average molecular weight is 442 g/mol. The average Bonchev–Trinajstić information content (AvgIpc) is 3.15. The van der Waals surface area contributed by atoms with Gasteiger partial charge in [-0.15, -0.1) is 5.06 Å². The number of nitrogens with one attached hydrogen (secondary N) is 1. The highest BCUT2D eigenvalue weighted by Crippen LogP contribution is 2.36. The van der Waals surface area contributed by atoms with Gasteiger partial charge in [0.2, 0.25) is 0 Å². The molecule has 0 aromatic heterocycles. The molecule has 0 radical (unpaired) electrons. The first-order chi connectivity index (χ1) is 14.7. The number of oxime groups is 1. The molecule has 7 heteroatoms. The van der Waals surface area contributed by atoms with Crippen molar-refractivity contribution in [2.45, 2.75) is 51.0 Å². The lowest BCUT2D eigenvalue weighted by Crippen LogP contribution is -2.45. The second-order valence-corrected chi connectivity index (χ2v) is 9.69. The van der Waals surface area contributed by atoms with Crippen LogP contribution in [-0.4, -0.2) is 35.6 Å². The molecule has 6 nitrogen and oxygen atoms in total. The fourth-order valence-electron chi connectivity index (χ4n) is 3.88. The van der Waals surface area contributed by atoms with Crippen molar-refractivity contribution in [3.63, 3.8) is 0 Å². The van der Waals surface area contributed by atoms with Crippen molar-refractivity contribution in [3.8, 4) is 0 Å². The van der Waals surface area contributed by atoms with Gasteiger partial charge in [0.1, 0.15) is 5.60 Å². The summed E-state index contributed by atoms with van der Waals surface area (Å²) in [4.78, 5) is 23.5. The Morgan fingerprint density at radius 2 is 1.74 bits per heavy atom. The normalized spacial score (nSPS) is 18.4. The van der Waals surface area contributed by atoms with Gasteiger partial charge in [0.25, 0.3) is 0 Å². The van der Waals surface area contributed by atoms with Gasteiger partial charge < -0.3 is 9.68 Å². The lowest BCUT2D eigenvalue weighted by atomic mass is 9.84. The Hall–Kier alpha value is -2.57. The smallest absolute Gasteiger partial charge is 0.388 e. The second-order valence-electron chi connectivity index (χ2n) is 9.26. The summed E-state index contributed by atoms with van der Waals surface area (Å²) in [6.07, 6.45) is 1.75. The molecule has 0 atom stereocenters. The molecule has 31 heavy (non-hydrogen) atoms. The van der Waals surface area contributed by atoms with Crippen molar-refractivity contribution in [3.05, 3.63) is 64.7 Å². The first kappa shape index (κ1) is 21.7. The van der Waals surface area contributed by atoms with Crippen LogP contribution in [0.2, 0.25) is 5.02 Å². The number of hydroxylamine groups is 2. The Morgan fingerprint density at radius 3 is 2.35 bits per heavy atom. The fraction of sp³-hybridized carbons (Fsp3) is 0.417. The molecule has 4 rings (SSSR count). The topological polar surface area (TPSA) is 63.2 Å². The Balaban J connectivity index is 1.28. The maximum absolute atomic E-state index is 12.2. The number of benzene rings is 2. The van der Waals surface area contributed by atoms with Gasteiger partial charge in [0.05, 0.1) is 5.71 Å². The highest BCUT2D eigenvalue weighted by atomic mass is 35.5. The Morgan fingerprint density at radius 1 is 1.10 bits per heavy atom. The summed E-state index contributed by atoms with van der Waals surface area (Å²) in [5.74, 6) is 0. The van der Waals surface area contributed by atoms with E-state index < -0.39 is 6.09 Å². The van der Waals surface area contributed by atoms with Gasteiger partial charge in [-0.25, -0.2) is 4.79 Å². The van der Waals surface area contributed by atoms with Gasteiger partial charge in [-0.3, -0.25) is 5.32 Å². The van der Waals surface area contributed by atoms with Gasteiger partial charge >= 0.3 is 6.09 Å². The SMILES string of the molecule is CC(C)(C)c1ccc(C2=NOC3(CCN(OC(=O)Nc4ccc(Cl)cc4)CC3)C2)cc1. The van der Waals surface area contributed by atoms with Crippen LogP contribution in [0.25, 0.3) is 0 Å². The first-order valence-corrected chi connectivity index (χ1v) is 11.0. The van der Waals surface area contributed by atoms with E-state index in [1.807, 2.05) is 0 Å². The number of amides is 1. The van der Waals surface area contributed by atoms with Gasteiger partial charge in [0, 0.05) is 43.1 Å². The maximum atomic E-state index is 12.2. The molecule has 1 amide bonds. The third kappa shape index (κ3) is 5.20. The van der Waals surface area contributed by atoms with Crippen molar-refractivity contribution >= 4 is 29.1 Å². The van der Waals surface area contributed by atoms with E-state index in [2.05, 4.69) is 55.5 Å².